The van der Waals surface area contributed by atoms with E-state index in [1.807, 2.05) is 42.5 Å². The topological polar surface area (TPSA) is 39.2 Å². The van der Waals surface area contributed by atoms with Crippen LogP contribution in [0.3, 0.4) is 0 Å². The Labute approximate surface area is 130 Å². The molecule has 0 radical (unpaired) electrons. The van der Waals surface area contributed by atoms with E-state index in [0.717, 1.165) is 27.6 Å². The molecule has 4 heteroatoms. The first-order valence-corrected chi connectivity index (χ1v) is 7.48. The lowest BCUT2D eigenvalue weighted by Gasteiger charge is -2.10. The molecule has 1 atom stereocenters. The van der Waals surface area contributed by atoms with Crippen LogP contribution in [0.1, 0.15) is 17.4 Å². The smallest absolute Gasteiger partial charge is 0.134 e. The first kappa shape index (κ1) is 13.7. The summed E-state index contributed by atoms with van der Waals surface area (Å²) in [5, 5.41) is 1.68. The number of rotatable bonds is 3. The highest BCUT2D eigenvalue weighted by atomic mass is 79.9. The van der Waals surface area contributed by atoms with E-state index >= 15 is 0 Å². The second-order valence-corrected chi connectivity index (χ2v) is 6.02. The Morgan fingerprint density at radius 1 is 1.15 bits per heavy atom. The lowest BCUT2D eigenvalue weighted by Crippen LogP contribution is -2.12. The van der Waals surface area contributed by atoms with Crippen molar-refractivity contribution in [2.45, 2.75) is 12.5 Å². The number of furan rings is 1. The van der Waals surface area contributed by atoms with Crippen LogP contribution in [-0.4, -0.2) is 0 Å². The van der Waals surface area contributed by atoms with Crippen LogP contribution in [0, 0.1) is 0 Å². The normalized spacial score (nSPS) is 12.8. The third-order valence-electron chi connectivity index (χ3n) is 3.26. The molecule has 0 saturated carbocycles. The van der Waals surface area contributed by atoms with Crippen molar-refractivity contribution < 1.29 is 4.42 Å². The summed E-state index contributed by atoms with van der Waals surface area (Å²) in [7, 11) is 0. The molecule has 1 aromatic heterocycles. The maximum Gasteiger partial charge on any atom is 0.134 e. The highest BCUT2D eigenvalue weighted by Gasteiger charge is 2.14. The largest absolute Gasteiger partial charge is 0.459 e. The van der Waals surface area contributed by atoms with Gasteiger partial charge in [-0.3, -0.25) is 0 Å². The molecule has 3 rings (SSSR count). The molecule has 3 aromatic rings. The molecular weight excluding hydrogens is 338 g/mol. The van der Waals surface area contributed by atoms with Gasteiger partial charge in [0.1, 0.15) is 11.3 Å². The molecule has 0 spiro atoms. The molecule has 102 valence electrons. The van der Waals surface area contributed by atoms with E-state index in [1.165, 1.54) is 5.56 Å². The minimum Gasteiger partial charge on any atom is -0.459 e. The number of fused-ring (bicyclic) bond motifs is 1. The average Bonchev–Trinajstić information content (AvgIpc) is 2.84. The van der Waals surface area contributed by atoms with Gasteiger partial charge in [-0.15, -0.1) is 0 Å². The van der Waals surface area contributed by atoms with Gasteiger partial charge in [-0.1, -0.05) is 45.7 Å². The lowest BCUT2D eigenvalue weighted by molar-refractivity contribution is 0.493. The second-order valence-electron chi connectivity index (χ2n) is 4.73. The maximum absolute atomic E-state index is 6.25. The molecule has 0 amide bonds. The summed E-state index contributed by atoms with van der Waals surface area (Å²) in [6.45, 7) is 0. The molecular formula is C16H13BrClNO. The van der Waals surface area contributed by atoms with Gasteiger partial charge in [0.15, 0.2) is 0 Å². The first-order chi connectivity index (χ1) is 9.63. The predicted molar refractivity (Wildman–Crippen MR) is 86.0 cm³/mol. The number of halogens is 2. The van der Waals surface area contributed by atoms with Gasteiger partial charge >= 0.3 is 0 Å². The second kappa shape index (κ2) is 5.60. The van der Waals surface area contributed by atoms with E-state index in [2.05, 4.69) is 22.0 Å². The quantitative estimate of drug-likeness (QED) is 0.714. The van der Waals surface area contributed by atoms with Crippen LogP contribution in [0.2, 0.25) is 5.02 Å². The van der Waals surface area contributed by atoms with Crippen molar-refractivity contribution >= 4 is 38.5 Å². The number of benzene rings is 2. The third kappa shape index (κ3) is 2.75. The zero-order chi connectivity index (χ0) is 14.1. The van der Waals surface area contributed by atoms with Gasteiger partial charge in [-0.05, 0) is 42.3 Å². The van der Waals surface area contributed by atoms with Crippen LogP contribution < -0.4 is 5.73 Å². The van der Waals surface area contributed by atoms with Crippen molar-refractivity contribution in [3.05, 3.63) is 69.3 Å². The van der Waals surface area contributed by atoms with E-state index in [-0.39, 0.29) is 6.04 Å². The maximum atomic E-state index is 6.25. The summed E-state index contributed by atoms with van der Waals surface area (Å²) in [5.74, 6) is 0.776. The molecule has 20 heavy (non-hydrogen) atoms. The van der Waals surface area contributed by atoms with Gasteiger partial charge in [0.25, 0.3) is 0 Å². The predicted octanol–water partition coefficient (Wildman–Crippen LogP) is 5.09. The number of hydrogen-bond donors (Lipinski definition) is 1. The molecule has 2 aromatic carbocycles. The van der Waals surface area contributed by atoms with Gasteiger partial charge in [0, 0.05) is 14.9 Å². The Balaban J connectivity index is 1.89. The zero-order valence-electron chi connectivity index (χ0n) is 10.6. The highest BCUT2D eigenvalue weighted by molar-refractivity contribution is 9.10. The van der Waals surface area contributed by atoms with Gasteiger partial charge in [0.2, 0.25) is 0 Å². The van der Waals surface area contributed by atoms with Crippen molar-refractivity contribution in [2.24, 2.45) is 5.73 Å². The molecule has 0 fully saturated rings. The molecule has 1 heterocycles. The summed E-state index contributed by atoms with van der Waals surface area (Å²) in [6, 6.07) is 15.4. The number of hydrogen-bond acceptors (Lipinski definition) is 2. The fourth-order valence-corrected chi connectivity index (χ4v) is 2.85. The van der Waals surface area contributed by atoms with Crippen LogP contribution in [0.4, 0.5) is 0 Å². The minimum absolute atomic E-state index is 0.181. The zero-order valence-corrected chi connectivity index (χ0v) is 13.0. The molecule has 0 aliphatic heterocycles. The lowest BCUT2D eigenvalue weighted by atomic mass is 10.0. The van der Waals surface area contributed by atoms with Gasteiger partial charge < -0.3 is 10.2 Å². The first-order valence-electron chi connectivity index (χ1n) is 6.31. The molecule has 0 aliphatic rings. The Kier molecular flexibility index (Phi) is 3.83. The summed E-state index contributed by atoms with van der Waals surface area (Å²) in [6.07, 6.45) is 0.717. The molecule has 1 unspecified atom stereocenters. The fourth-order valence-electron chi connectivity index (χ4n) is 2.22. The Morgan fingerprint density at radius 2 is 1.95 bits per heavy atom. The Hall–Kier alpha value is -1.29. The Morgan fingerprint density at radius 3 is 2.75 bits per heavy atom. The highest BCUT2D eigenvalue weighted by Crippen LogP contribution is 2.28. The molecule has 0 bridgehead atoms. The molecule has 2 nitrogen and oxygen atoms in total. The van der Waals surface area contributed by atoms with Crippen molar-refractivity contribution in [3.63, 3.8) is 0 Å². The molecule has 0 aliphatic carbocycles. The third-order valence-corrected chi connectivity index (χ3v) is 4.27. The average molecular weight is 351 g/mol. The van der Waals surface area contributed by atoms with Crippen molar-refractivity contribution in [2.75, 3.05) is 0 Å². The van der Waals surface area contributed by atoms with Crippen molar-refractivity contribution in [1.29, 1.82) is 0 Å². The molecule has 2 N–H and O–H groups in total. The molecule has 0 saturated heterocycles. The minimum atomic E-state index is -0.181. The number of nitrogens with two attached hydrogens (primary N) is 1. The van der Waals surface area contributed by atoms with E-state index in [4.69, 9.17) is 21.8 Å². The summed E-state index contributed by atoms with van der Waals surface area (Å²) in [5.41, 5.74) is 8.23. The fraction of sp³-hybridized carbons (Fsp3) is 0.125. The van der Waals surface area contributed by atoms with E-state index in [0.29, 0.717) is 5.02 Å². The monoisotopic (exact) mass is 349 g/mol. The summed E-state index contributed by atoms with van der Waals surface area (Å²) >= 11 is 9.52. The SMILES string of the molecule is NC(Cc1ccccc1Br)c1cc2cc(Cl)ccc2o1. The van der Waals surface area contributed by atoms with Crippen LogP contribution in [0.15, 0.2) is 57.4 Å². The standard InChI is InChI=1S/C16H13BrClNO/c17-13-4-2-1-3-10(13)8-14(19)16-9-11-7-12(18)5-6-15(11)20-16/h1-7,9,14H,8,19H2. The van der Waals surface area contributed by atoms with E-state index in [1.54, 1.807) is 0 Å². The van der Waals surface area contributed by atoms with Crippen molar-refractivity contribution in [3.8, 4) is 0 Å². The van der Waals surface area contributed by atoms with E-state index in [9.17, 15) is 0 Å². The Bertz CT molecular complexity index is 753. The van der Waals surface area contributed by atoms with Crippen LogP contribution >= 0.6 is 27.5 Å². The van der Waals surface area contributed by atoms with Gasteiger partial charge in [-0.2, -0.15) is 0 Å². The van der Waals surface area contributed by atoms with Gasteiger partial charge in [-0.25, -0.2) is 0 Å². The van der Waals surface area contributed by atoms with Crippen molar-refractivity contribution in [1.82, 2.24) is 0 Å². The van der Waals surface area contributed by atoms with E-state index < -0.39 is 0 Å². The van der Waals surface area contributed by atoms with Crippen LogP contribution in [0.5, 0.6) is 0 Å². The van der Waals surface area contributed by atoms with Gasteiger partial charge in [0.05, 0.1) is 6.04 Å². The summed E-state index contributed by atoms with van der Waals surface area (Å²) in [4.78, 5) is 0. The van der Waals surface area contributed by atoms with Crippen LogP contribution in [0.25, 0.3) is 11.0 Å². The summed E-state index contributed by atoms with van der Waals surface area (Å²) < 4.78 is 6.86. The van der Waals surface area contributed by atoms with Crippen LogP contribution in [-0.2, 0) is 6.42 Å².